The van der Waals surface area contributed by atoms with Gasteiger partial charge in [-0.2, -0.15) is 4.57 Å². The van der Waals surface area contributed by atoms with Crippen molar-refractivity contribution in [2.45, 2.75) is 77.7 Å². The van der Waals surface area contributed by atoms with Crippen LogP contribution in [0.15, 0.2) is 30.6 Å². The van der Waals surface area contributed by atoms with Crippen molar-refractivity contribution < 1.29 is 26.6 Å². The van der Waals surface area contributed by atoms with E-state index in [1.165, 1.54) is 44.9 Å². The fourth-order valence-corrected chi connectivity index (χ4v) is 2.56. The number of pyridine rings is 1. The molecule has 0 atom stereocenters. The molecule has 0 aliphatic heterocycles. The van der Waals surface area contributed by atoms with Crippen molar-refractivity contribution in [2.24, 2.45) is 0 Å². The summed E-state index contributed by atoms with van der Waals surface area (Å²) in [6, 6.07) is 5.61. The van der Waals surface area contributed by atoms with E-state index in [-0.39, 0.29) is 30.8 Å². The second-order valence-electron chi connectivity index (χ2n) is 6.10. The third kappa shape index (κ3) is 12.1. The number of imide groups is 1. The maximum Gasteiger partial charge on any atom is 0.292 e. The first-order chi connectivity index (χ1) is 11.2. The molecule has 0 radical (unpaired) electrons. The first kappa shape index (κ1) is 22.6. The van der Waals surface area contributed by atoms with Gasteiger partial charge in [-0.25, -0.2) is 0 Å². The molecule has 0 saturated carbocycles. The first-order valence-corrected chi connectivity index (χ1v) is 8.99. The Bertz CT molecular complexity index is 452. The largest absolute Gasteiger partial charge is 1.00 e. The Kier molecular flexibility index (Phi) is 14.2. The summed E-state index contributed by atoms with van der Waals surface area (Å²) in [6.45, 7) is 2.42. The van der Waals surface area contributed by atoms with Crippen LogP contribution >= 0.6 is 0 Å². The molecule has 0 bridgehead atoms. The Morgan fingerprint density at radius 3 is 1.92 bits per heavy atom. The number of halogens is 1. The molecule has 0 fully saturated rings. The lowest BCUT2D eigenvalue weighted by atomic mass is 10.1. The van der Waals surface area contributed by atoms with Gasteiger partial charge in [0.15, 0.2) is 12.4 Å². The van der Waals surface area contributed by atoms with Gasteiger partial charge in [0.25, 0.3) is 5.91 Å². The van der Waals surface area contributed by atoms with Crippen LogP contribution in [-0.2, 0) is 16.1 Å². The van der Waals surface area contributed by atoms with E-state index in [1.807, 2.05) is 30.6 Å². The summed E-state index contributed by atoms with van der Waals surface area (Å²) in [5.41, 5.74) is 0. The minimum Gasteiger partial charge on any atom is -1.00 e. The summed E-state index contributed by atoms with van der Waals surface area (Å²) in [5, 5.41) is 2.45. The van der Waals surface area contributed by atoms with Crippen LogP contribution in [0.4, 0.5) is 0 Å². The normalized spacial score (nSPS) is 10.0. The number of nitrogens with zero attached hydrogens (tertiary/aromatic N) is 1. The van der Waals surface area contributed by atoms with Crippen LogP contribution in [0.25, 0.3) is 0 Å². The highest BCUT2D eigenvalue weighted by Crippen LogP contribution is 2.10. The fourth-order valence-electron chi connectivity index (χ4n) is 2.56. The van der Waals surface area contributed by atoms with Gasteiger partial charge in [-0.1, -0.05) is 64.4 Å². The maximum absolute atomic E-state index is 11.7. The molecule has 0 saturated heterocycles. The SMILES string of the molecule is CCCCCCCCCCCC(=O)NC(=O)C[n+]1ccccc1.[Cl-]. The zero-order valence-electron chi connectivity index (χ0n) is 14.8. The highest BCUT2D eigenvalue weighted by Gasteiger charge is 2.11. The standard InChI is InChI=1S/C19H30N2O2.ClH/c1-2-3-4-5-6-7-8-9-11-14-18(22)20-19(23)17-21-15-12-10-13-16-21;/h10,12-13,15-16H,2-9,11,14,17H2,1H3;1H. The van der Waals surface area contributed by atoms with Crippen molar-refractivity contribution >= 4 is 11.8 Å². The molecule has 1 aromatic rings. The Morgan fingerprint density at radius 2 is 1.33 bits per heavy atom. The van der Waals surface area contributed by atoms with Crippen molar-refractivity contribution in [2.75, 3.05) is 0 Å². The number of hydrogen-bond acceptors (Lipinski definition) is 2. The number of carbonyl (C=O) groups is 2. The van der Waals surface area contributed by atoms with Crippen LogP contribution in [-0.4, -0.2) is 11.8 Å². The van der Waals surface area contributed by atoms with Gasteiger partial charge in [-0.15, -0.1) is 0 Å². The number of hydrogen-bond donors (Lipinski definition) is 1. The van der Waals surface area contributed by atoms with E-state index < -0.39 is 0 Å². The molecule has 136 valence electrons. The number of aromatic nitrogens is 1. The number of amides is 2. The molecule has 0 aliphatic carbocycles. The third-order valence-corrected chi connectivity index (χ3v) is 3.89. The molecular weight excluding hydrogens is 324 g/mol. The molecule has 5 heteroatoms. The van der Waals surface area contributed by atoms with Crippen molar-refractivity contribution in [3.63, 3.8) is 0 Å². The highest BCUT2D eigenvalue weighted by molar-refractivity contribution is 5.94. The molecule has 1 rings (SSSR count). The number of rotatable bonds is 12. The molecule has 0 aromatic carbocycles. The number of carbonyl (C=O) groups excluding carboxylic acids is 2. The van der Waals surface area contributed by atoms with Crippen LogP contribution in [0.3, 0.4) is 0 Å². The van der Waals surface area contributed by atoms with Crippen molar-refractivity contribution in [3.05, 3.63) is 30.6 Å². The molecule has 0 aliphatic rings. The Labute approximate surface area is 152 Å². The molecule has 1 aromatic heterocycles. The minimum absolute atomic E-state index is 0. The topological polar surface area (TPSA) is 50.1 Å². The summed E-state index contributed by atoms with van der Waals surface area (Å²) in [6.07, 6.45) is 15.1. The van der Waals surface area contributed by atoms with Gasteiger partial charge in [0.1, 0.15) is 0 Å². The second-order valence-corrected chi connectivity index (χ2v) is 6.10. The van der Waals surface area contributed by atoms with E-state index >= 15 is 0 Å². The van der Waals surface area contributed by atoms with E-state index in [1.54, 1.807) is 4.57 Å². The average molecular weight is 355 g/mol. The number of nitrogens with one attached hydrogen (secondary N) is 1. The fraction of sp³-hybridized carbons (Fsp3) is 0.632. The summed E-state index contributed by atoms with van der Waals surface area (Å²) in [4.78, 5) is 23.4. The predicted octanol–water partition coefficient (Wildman–Crippen LogP) is 0.542. The zero-order chi connectivity index (χ0) is 16.8. The summed E-state index contributed by atoms with van der Waals surface area (Å²) in [7, 11) is 0. The monoisotopic (exact) mass is 354 g/mol. The molecule has 4 nitrogen and oxygen atoms in total. The van der Waals surface area contributed by atoms with Gasteiger partial charge >= 0.3 is 0 Å². The van der Waals surface area contributed by atoms with Crippen molar-refractivity contribution in [1.82, 2.24) is 5.32 Å². The smallest absolute Gasteiger partial charge is 0.292 e. The lowest BCUT2D eigenvalue weighted by Gasteiger charge is -2.03. The average Bonchev–Trinajstić information content (AvgIpc) is 2.54. The van der Waals surface area contributed by atoms with E-state index in [0.29, 0.717) is 6.42 Å². The van der Waals surface area contributed by atoms with Gasteiger partial charge in [0, 0.05) is 18.6 Å². The van der Waals surface area contributed by atoms with E-state index in [4.69, 9.17) is 0 Å². The zero-order valence-corrected chi connectivity index (χ0v) is 15.6. The first-order valence-electron chi connectivity index (χ1n) is 8.99. The molecule has 24 heavy (non-hydrogen) atoms. The van der Waals surface area contributed by atoms with Gasteiger partial charge < -0.3 is 12.4 Å². The molecule has 0 unspecified atom stereocenters. The maximum atomic E-state index is 11.7. The quantitative estimate of drug-likeness (QED) is 0.440. The molecule has 1 heterocycles. The van der Waals surface area contributed by atoms with Crippen LogP contribution in [0, 0.1) is 0 Å². The van der Waals surface area contributed by atoms with E-state index in [0.717, 1.165) is 12.8 Å². The Balaban J connectivity index is 0.00000529. The van der Waals surface area contributed by atoms with E-state index in [9.17, 15) is 9.59 Å². The van der Waals surface area contributed by atoms with Gasteiger partial charge in [0.2, 0.25) is 12.5 Å². The van der Waals surface area contributed by atoms with E-state index in [2.05, 4.69) is 12.2 Å². The molecular formula is C19H31ClN2O2. The molecule has 0 spiro atoms. The minimum atomic E-state index is -0.248. The van der Waals surface area contributed by atoms with Gasteiger partial charge in [-0.05, 0) is 6.42 Å². The summed E-state index contributed by atoms with van der Waals surface area (Å²) >= 11 is 0. The molecule has 1 N–H and O–H groups in total. The van der Waals surface area contributed by atoms with Crippen LogP contribution in [0.5, 0.6) is 0 Å². The van der Waals surface area contributed by atoms with Crippen LogP contribution in [0.2, 0.25) is 0 Å². The van der Waals surface area contributed by atoms with Crippen molar-refractivity contribution in [3.8, 4) is 0 Å². The Morgan fingerprint density at radius 1 is 0.792 bits per heavy atom. The number of unbranched alkanes of at least 4 members (excludes halogenated alkanes) is 8. The van der Waals surface area contributed by atoms with Gasteiger partial charge in [0.05, 0.1) is 0 Å². The summed E-state index contributed by atoms with van der Waals surface area (Å²) < 4.78 is 1.75. The van der Waals surface area contributed by atoms with Crippen LogP contribution < -0.4 is 22.3 Å². The van der Waals surface area contributed by atoms with Gasteiger partial charge in [-0.3, -0.25) is 14.9 Å². The lowest BCUT2D eigenvalue weighted by molar-refractivity contribution is -0.684. The second kappa shape index (κ2) is 15.1. The van der Waals surface area contributed by atoms with Crippen molar-refractivity contribution in [1.29, 1.82) is 0 Å². The summed E-state index contributed by atoms with van der Waals surface area (Å²) in [5.74, 6) is -0.406. The highest BCUT2D eigenvalue weighted by atomic mass is 35.5. The third-order valence-electron chi connectivity index (χ3n) is 3.89. The molecule has 2 amide bonds. The lowest BCUT2D eigenvalue weighted by Crippen LogP contribution is -3.00. The van der Waals surface area contributed by atoms with Crippen LogP contribution in [0.1, 0.15) is 71.1 Å². The predicted molar refractivity (Wildman–Crippen MR) is 91.6 cm³/mol. The Hall–Kier alpha value is -1.42.